The Morgan fingerprint density at radius 3 is 2.16 bits per heavy atom. The van der Waals surface area contributed by atoms with Crippen molar-refractivity contribution in [2.75, 3.05) is 34.5 Å². The molecule has 13 atom stereocenters. The van der Waals surface area contributed by atoms with E-state index in [1.165, 1.54) is 33.9 Å². The molecule has 3 aliphatic carbocycles. The number of hydrogen-bond donors (Lipinski definition) is 6. The van der Waals surface area contributed by atoms with E-state index >= 15 is 0 Å². The maximum absolute atomic E-state index is 14.9. The Morgan fingerprint density at radius 2 is 1.57 bits per heavy atom. The van der Waals surface area contributed by atoms with E-state index in [1.54, 1.807) is 20.8 Å². The van der Waals surface area contributed by atoms with Crippen molar-refractivity contribution in [1.82, 2.24) is 5.32 Å². The Kier molecular flexibility index (Phi) is 13.3. The number of aliphatic hydroxyl groups is 3. The topological polar surface area (TPSA) is 307 Å². The van der Waals surface area contributed by atoms with Crippen LogP contribution >= 0.6 is 0 Å². The van der Waals surface area contributed by atoms with Gasteiger partial charge >= 0.3 is 17.9 Å². The lowest BCUT2D eigenvalue weighted by molar-refractivity contribution is -0.321. The van der Waals surface area contributed by atoms with Crippen LogP contribution < -0.4 is 5.32 Å². The average molecular weight is 940 g/mol. The maximum Gasteiger partial charge on any atom is 0.341 e. The number of aliphatic hydroxyl groups excluding tert-OH is 2. The molecule has 2 aliphatic heterocycles. The zero-order valence-corrected chi connectivity index (χ0v) is 38.1. The van der Waals surface area contributed by atoms with E-state index in [0.29, 0.717) is 0 Å². The van der Waals surface area contributed by atoms with Crippen molar-refractivity contribution in [3.05, 3.63) is 68.4 Å². The second-order valence-corrected chi connectivity index (χ2v) is 17.5. The van der Waals surface area contributed by atoms with Gasteiger partial charge in [-0.05, 0) is 31.0 Å². The number of ether oxygens (including phenoxy) is 8. The summed E-state index contributed by atoms with van der Waals surface area (Å²) in [7, 11) is 3.32. The van der Waals surface area contributed by atoms with Crippen LogP contribution in [0.15, 0.2) is 23.9 Å². The number of Topliss-reactive ketones (excluding diaryl/α,β-unsaturated/α-hetero) is 3. The quantitative estimate of drug-likeness (QED) is 0.134. The lowest BCUT2D eigenvalue weighted by atomic mass is 9.56. The van der Waals surface area contributed by atoms with Crippen molar-refractivity contribution in [3.8, 4) is 11.5 Å². The summed E-state index contributed by atoms with van der Waals surface area (Å²) >= 11 is 0. The van der Waals surface area contributed by atoms with Crippen LogP contribution in [0.1, 0.15) is 103 Å². The number of benzene rings is 2. The van der Waals surface area contributed by atoms with Gasteiger partial charge in [0.1, 0.15) is 48.2 Å². The highest BCUT2D eigenvalue weighted by Gasteiger charge is 2.73. The summed E-state index contributed by atoms with van der Waals surface area (Å²) in [6.07, 6.45) is -8.60. The van der Waals surface area contributed by atoms with E-state index in [4.69, 9.17) is 37.9 Å². The summed E-state index contributed by atoms with van der Waals surface area (Å²) < 4.78 is 45.9. The number of carbonyl (C=O) groups is 7. The molecule has 0 bridgehead atoms. The molecule has 0 unspecified atom stereocenters. The Labute approximate surface area is 383 Å². The monoisotopic (exact) mass is 939 g/mol. The van der Waals surface area contributed by atoms with Crippen molar-refractivity contribution in [2.24, 2.45) is 17.8 Å². The molecule has 6 N–H and O–H groups in total. The van der Waals surface area contributed by atoms with Gasteiger partial charge in [-0.1, -0.05) is 19.9 Å². The number of fused-ring (bicyclic) bond motifs is 5. The van der Waals surface area contributed by atoms with Gasteiger partial charge < -0.3 is 68.7 Å². The third-order valence-electron chi connectivity index (χ3n) is 13.8. The molecule has 2 heterocycles. The predicted molar refractivity (Wildman–Crippen MR) is 224 cm³/mol. The fraction of sp³-hybridized carbons (Fsp3) is 0.543. The Bertz CT molecular complexity index is 2480. The normalized spacial score (nSPS) is 33.4. The fourth-order valence-electron chi connectivity index (χ4n) is 10.3. The number of nitrogens with one attached hydrogen (secondary N) is 1. The zero-order valence-electron chi connectivity index (χ0n) is 38.1. The van der Waals surface area contributed by atoms with Gasteiger partial charge in [0.2, 0.25) is 17.3 Å². The standard InChI is InChI=1S/C46H53NO20/c1-16-10-22-11-29(52)46(62-9)41(57)32-24(40(56)45(46,59)33(22)36(55)30(16)43(58)61-8)12-23-31(35(32)54)27(51)13-26(34(23)53)47-42-25(14-48)39(38(60-7)19(4)64-42)67-44-18(3)17(2)37(65-21(6)50)28(66-44)15-63-20(5)49/h10,12-13,17-19,25,28-29,37-39,42,44,47-48,52,54-55,59H,11,14-15H2,1-9H3/t17-,18-,19+,25-,28-,29-,37+,38+,39+,42+,44+,45+,46-/m1/s1. The molecule has 21 nitrogen and oxygen atoms in total. The first kappa shape index (κ1) is 49.3. The van der Waals surface area contributed by atoms with E-state index in [0.717, 1.165) is 26.4 Å². The maximum atomic E-state index is 14.9. The minimum atomic E-state index is -3.30. The molecule has 2 aromatic rings. The zero-order chi connectivity index (χ0) is 49.3. The van der Waals surface area contributed by atoms with Crippen LogP contribution in [-0.4, -0.2) is 156 Å². The first-order valence-corrected chi connectivity index (χ1v) is 21.4. The molecule has 362 valence electrons. The van der Waals surface area contributed by atoms with Crippen molar-refractivity contribution in [1.29, 1.82) is 0 Å². The summed E-state index contributed by atoms with van der Waals surface area (Å²) in [6.45, 7) is 8.16. The summed E-state index contributed by atoms with van der Waals surface area (Å²) in [5.41, 5.74) is -10.7. The van der Waals surface area contributed by atoms with Crippen LogP contribution in [0, 0.1) is 24.7 Å². The second-order valence-electron chi connectivity index (χ2n) is 17.5. The summed E-state index contributed by atoms with van der Waals surface area (Å²) in [5.74, 6) is -11.1. The number of hydrogen-bond acceptors (Lipinski definition) is 21. The number of esters is 3. The van der Waals surface area contributed by atoms with Crippen LogP contribution in [0.3, 0.4) is 0 Å². The van der Waals surface area contributed by atoms with Crippen molar-refractivity contribution >= 4 is 41.0 Å². The lowest BCUT2D eigenvalue weighted by Crippen LogP contribution is -2.73. The van der Waals surface area contributed by atoms with Crippen LogP contribution in [0.2, 0.25) is 0 Å². The van der Waals surface area contributed by atoms with E-state index in [2.05, 4.69) is 5.32 Å². The first-order chi connectivity index (χ1) is 31.5. The summed E-state index contributed by atoms with van der Waals surface area (Å²) in [5, 5.41) is 61.3. The van der Waals surface area contributed by atoms with Gasteiger partial charge in [0, 0.05) is 69.1 Å². The number of phenols is 2. The van der Waals surface area contributed by atoms with E-state index < -0.39 is 183 Å². The molecule has 0 spiro atoms. The minimum Gasteiger partial charge on any atom is -0.507 e. The van der Waals surface area contributed by atoms with Crippen LogP contribution in [-0.2, 0) is 59.5 Å². The molecule has 5 aliphatic rings. The highest BCUT2D eigenvalue weighted by atomic mass is 16.7. The van der Waals surface area contributed by atoms with E-state index in [9.17, 15) is 59.1 Å². The van der Waals surface area contributed by atoms with Gasteiger partial charge in [-0.15, -0.1) is 0 Å². The number of aryl methyl sites for hydroxylation is 1. The number of aromatic hydroxyl groups is 2. The summed E-state index contributed by atoms with van der Waals surface area (Å²) in [4.78, 5) is 94.7. The molecule has 0 radical (unpaired) electrons. The van der Waals surface area contributed by atoms with Gasteiger partial charge in [-0.25, -0.2) is 4.79 Å². The number of rotatable bonds is 11. The Balaban J connectivity index is 1.25. The largest absolute Gasteiger partial charge is 0.507 e. The van der Waals surface area contributed by atoms with Crippen molar-refractivity contribution in [3.63, 3.8) is 0 Å². The average Bonchev–Trinajstić information content (AvgIpc) is 3.26. The molecular weight excluding hydrogens is 886 g/mol. The van der Waals surface area contributed by atoms with Gasteiger partial charge in [0.25, 0.3) is 0 Å². The molecule has 2 fully saturated rings. The van der Waals surface area contributed by atoms with E-state index in [1.807, 2.05) is 0 Å². The molecule has 0 aromatic heterocycles. The molecule has 21 heteroatoms. The van der Waals surface area contributed by atoms with Gasteiger partial charge in [0.15, 0.2) is 23.3 Å². The third-order valence-corrected chi connectivity index (χ3v) is 13.8. The highest BCUT2D eigenvalue weighted by Crippen LogP contribution is 2.57. The molecule has 0 amide bonds. The number of ketones is 4. The predicted octanol–water partition coefficient (Wildman–Crippen LogP) is 0.860. The van der Waals surface area contributed by atoms with Gasteiger partial charge in [-0.2, -0.15) is 0 Å². The second kappa shape index (κ2) is 18.1. The van der Waals surface area contributed by atoms with Gasteiger partial charge in [-0.3, -0.25) is 28.8 Å². The molecule has 0 saturated carbocycles. The van der Waals surface area contributed by atoms with Crippen LogP contribution in [0.25, 0.3) is 0 Å². The molecule has 7 rings (SSSR count). The molecule has 67 heavy (non-hydrogen) atoms. The first-order valence-electron chi connectivity index (χ1n) is 21.4. The summed E-state index contributed by atoms with van der Waals surface area (Å²) in [6, 6.07) is 2.14. The number of methoxy groups -OCH3 is 3. The van der Waals surface area contributed by atoms with Crippen molar-refractivity contribution < 1.29 is 97.0 Å². The van der Waals surface area contributed by atoms with Gasteiger partial charge in [0.05, 0.1) is 54.8 Å². The van der Waals surface area contributed by atoms with E-state index in [-0.39, 0.29) is 17.7 Å². The third kappa shape index (κ3) is 7.52. The molecule has 2 saturated heterocycles. The SMILES string of the molecule is COC(=O)c1c(C)cc2c(c1O)[C@]1(O)C(=O)c3cc4c(c(O)c3C(=O)[C@]1(OC)[C@H](O)C2)C(=O)C=C(N[C@H]1O[C@@H](C)[C@H](OC)[C@@H](O[C@@H]2O[C@H](COC(C)=O)[C@@H](OC(C)=O)[C@H](C)[C@H]2C)[C@H]1CO)C4=O. The number of phenolic OH excluding ortho intramolecular Hbond substituents is 2. The number of carbonyl (C=O) groups excluding carboxylic acids is 7. The molecule has 2 aromatic carbocycles. The highest BCUT2D eigenvalue weighted by molar-refractivity contribution is 6.31. The minimum absolute atomic E-state index is 0.0389. The molecular formula is C46H53NO20. The lowest BCUT2D eigenvalue weighted by Gasteiger charge is -2.52. The van der Waals surface area contributed by atoms with Crippen molar-refractivity contribution in [2.45, 2.75) is 108 Å². The number of allylic oxidation sites excluding steroid dienone is 2. The Morgan fingerprint density at radius 1 is 0.881 bits per heavy atom. The Hall–Kier alpha value is -5.65. The van der Waals surface area contributed by atoms with Crippen LogP contribution in [0.5, 0.6) is 11.5 Å². The van der Waals surface area contributed by atoms with Crippen LogP contribution in [0.4, 0.5) is 0 Å². The fourth-order valence-corrected chi connectivity index (χ4v) is 10.3. The smallest absolute Gasteiger partial charge is 0.341 e.